The first-order valence-electron chi connectivity index (χ1n) is 10.2. The summed E-state index contributed by atoms with van der Waals surface area (Å²) in [4.78, 5) is 12.2. The molecule has 30 heavy (non-hydrogen) atoms. The van der Waals surface area contributed by atoms with Crippen LogP contribution in [-0.4, -0.2) is 51.0 Å². The number of amides is 2. The van der Waals surface area contributed by atoms with Crippen molar-refractivity contribution in [1.29, 1.82) is 0 Å². The van der Waals surface area contributed by atoms with E-state index in [1.165, 1.54) is 12.8 Å². The van der Waals surface area contributed by atoms with Crippen LogP contribution in [0.15, 0.2) is 24.4 Å². The number of urea groups is 1. The molecule has 1 saturated carbocycles. The molecule has 3 N–H and O–H groups in total. The standard InChI is InChI=1S/C20H25F2N5O3/c21-13-3-5-15(22)17(9-13)24-20(29)23-16-6-4-14(30-19(16)11-28)7-8-27-10-18(25-26-27)12-1-2-12/h3,5,9-10,12,14,16,19,28H,1-2,4,6-8,11H2,(H2,23,24,29)/t14-,16+,19+/m0/s1. The van der Waals surface area contributed by atoms with E-state index >= 15 is 0 Å². The van der Waals surface area contributed by atoms with Crippen molar-refractivity contribution in [2.45, 2.75) is 62.8 Å². The Kier molecular flexibility index (Phi) is 6.24. The Morgan fingerprint density at radius 1 is 1.27 bits per heavy atom. The summed E-state index contributed by atoms with van der Waals surface area (Å²) in [5.41, 5.74) is 0.791. The lowest BCUT2D eigenvalue weighted by molar-refractivity contribution is -0.0905. The van der Waals surface area contributed by atoms with Gasteiger partial charge in [-0.25, -0.2) is 13.6 Å². The number of aliphatic hydroxyl groups excluding tert-OH is 1. The fraction of sp³-hybridized carbons (Fsp3) is 0.550. The topological polar surface area (TPSA) is 101 Å². The quantitative estimate of drug-likeness (QED) is 0.638. The number of hydrogen-bond acceptors (Lipinski definition) is 5. The number of aryl methyl sites for hydroxylation is 1. The maximum absolute atomic E-state index is 13.7. The second-order valence-corrected chi connectivity index (χ2v) is 7.86. The Bertz CT molecular complexity index is 889. The second kappa shape index (κ2) is 9.05. The zero-order valence-corrected chi connectivity index (χ0v) is 16.4. The van der Waals surface area contributed by atoms with Gasteiger partial charge in [-0.2, -0.15) is 0 Å². The lowest BCUT2D eigenvalue weighted by Gasteiger charge is -2.36. The monoisotopic (exact) mass is 421 g/mol. The minimum atomic E-state index is -0.733. The van der Waals surface area contributed by atoms with Gasteiger partial charge in [0.15, 0.2) is 0 Å². The summed E-state index contributed by atoms with van der Waals surface area (Å²) in [5, 5.41) is 23.0. The van der Waals surface area contributed by atoms with Crippen LogP contribution in [-0.2, 0) is 11.3 Å². The first-order valence-corrected chi connectivity index (χ1v) is 10.2. The predicted molar refractivity (Wildman–Crippen MR) is 104 cm³/mol. The van der Waals surface area contributed by atoms with Crippen molar-refractivity contribution in [3.63, 3.8) is 0 Å². The van der Waals surface area contributed by atoms with Gasteiger partial charge in [0, 0.05) is 24.7 Å². The summed E-state index contributed by atoms with van der Waals surface area (Å²) in [6, 6.07) is 1.71. The van der Waals surface area contributed by atoms with Gasteiger partial charge in [0.25, 0.3) is 0 Å². The van der Waals surface area contributed by atoms with Crippen molar-refractivity contribution in [3.05, 3.63) is 41.7 Å². The van der Waals surface area contributed by atoms with Crippen molar-refractivity contribution in [3.8, 4) is 0 Å². The number of rotatable bonds is 7. The first-order chi connectivity index (χ1) is 14.5. The molecule has 10 heteroatoms. The third-order valence-corrected chi connectivity index (χ3v) is 5.52. The van der Waals surface area contributed by atoms with E-state index in [9.17, 15) is 18.7 Å². The Morgan fingerprint density at radius 3 is 2.87 bits per heavy atom. The largest absolute Gasteiger partial charge is 0.394 e. The summed E-state index contributed by atoms with van der Waals surface area (Å²) >= 11 is 0. The van der Waals surface area contributed by atoms with E-state index in [-0.39, 0.29) is 18.4 Å². The summed E-state index contributed by atoms with van der Waals surface area (Å²) in [7, 11) is 0. The van der Waals surface area contributed by atoms with E-state index in [2.05, 4.69) is 20.9 Å². The number of carbonyl (C=O) groups excluding carboxylic acids is 1. The highest BCUT2D eigenvalue weighted by atomic mass is 19.1. The summed E-state index contributed by atoms with van der Waals surface area (Å²) in [6.07, 6.45) is 5.69. The molecular weight excluding hydrogens is 396 g/mol. The molecule has 2 aliphatic rings. The summed E-state index contributed by atoms with van der Waals surface area (Å²) < 4.78 is 34.7. The molecule has 4 rings (SSSR count). The zero-order chi connectivity index (χ0) is 21.1. The highest BCUT2D eigenvalue weighted by Crippen LogP contribution is 2.38. The van der Waals surface area contributed by atoms with Gasteiger partial charge in [-0.05, 0) is 44.2 Å². The molecule has 0 spiro atoms. The van der Waals surface area contributed by atoms with Crippen molar-refractivity contribution < 1.29 is 23.4 Å². The molecule has 0 radical (unpaired) electrons. The maximum atomic E-state index is 13.7. The van der Waals surface area contributed by atoms with Crippen molar-refractivity contribution in [1.82, 2.24) is 20.3 Å². The van der Waals surface area contributed by atoms with Crippen molar-refractivity contribution in [2.75, 3.05) is 11.9 Å². The summed E-state index contributed by atoms with van der Waals surface area (Å²) in [5.74, 6) is -0.828. The molecular formula is C20H25F2N5O3. The number of hydrogen-bond donors (Lipinski definition) is 3. The molecule has 3 atom stereocenters. The molecule has 1 aliphatic heterocycles. The molecule has 2 aromatic rings. The van der Waals surface area contributed by atoms with Crippen LogP contribution < -0.4 is 10.6 Å². The van der Waals surface area contributed by atoms with Crippen molar-refractivity contribution >= 4 is 11.7 Å². The molecule has 0 bridgehead atoms. The number of halogens is 2. The van der Waals surface area contributed by atoms with E-state index in [1.54, 1.807) is 0 Å². The van der Waals surface area contributed by atoms with E-state index in [0.717, 1.165) is 30.3 Å². The minimum Gasteiger partial charge on any atom is -0.394 e. The normalized spacial score (nSPS) is 23.9. The van der Waals surface area contributed by atoms with Gasteiger partial charge in [-0.3, -0.25) is 4.68 Å². The van der Waals surface area contributed by atoms with Crippen molar-refractivity contribution in [2.24, 2.45) is 0 Å². The average Bonchev–Trinajstić information content (AvgIpc) is 3.48. The fourth-order valence-electron chi connectivity index (χ4n) is 3.69. The predicted octanol–water partition coefficient (Wildman–Crippen LogP) is 2.55. The molecule has 2 amide bonds. The Balaban J connectivity index is 1.26. The highest BCUT2D eigenvalue weighted by Gasteiger charge is 2.32. The van der Waals surface area contributed by atoms with Crippen LogP contribution in [0, 0.1) is 11.6 Å². The van der Waals surface area contributed by atoms with E-state index in [4.69, 9.17) is 4.74 Å². The number of aromatic nitrogens is 3. The molecule has 2 fully saturated rings. The fourth-order valence-corrected chi connectivity index (χ4v) is 3.69. The van der Waals surface area contributed by atoms with Gasteiger partial charge in [-0.15, -0.1) is 5.10 Å². The van der Waals surface area contributed by atoms with Gasteiger partial charge >= 0.3 is 6.03 Å². The van der Waals surface area contributed by atoms with Gasteiger partial charge in [0.2, 0.25) is 0 Å². The summed E-state index contributed by atoms with van der Waals surface area (Å²) in [6.45, 7) is 0.408. The second-order valence-electron chi connectivity index (χ2n) is 7.86. The van der Waals surface area contributed by atoms with Crippen LogP contribution in [0.1, 0.15) is 43.7 Å². The number of anilines is 1. The van der Waals surface area contributed by atoms with E-state index in [1.807, 2.05) is 10.9 Å². The third kappa shape index (κ3) is 5.11. The van der Waals surface area contributed by atoms with Gasteiger partial charge in [0.1, 0.15) is 17.7 Å². The number of ether oxygens (including phenoxy) is 1. The lowest BCUT2D eigenvalue weighted by Crippen LogP contribution is -2.52. The van der Waals surface area contributed by atoms with Gasteiger partial charge in [0.05, 0.1) is 30.1 Å². The molecule has 1 aromatic heterocycles. The van der Waals surface area contributed by atoms with E-state index in [0.29, 0.717) is 25.3 Å². The Labute approximate surface area is 172 Å². The number of benzene rings is 1. The lowest BCUT2D eigenvalue weighted by atomic mass is 9.97. The zero-order valence-electron chi connectivity index (χ0n) is 16.4. The first kappa shape index (κ1) is 20.7. The van der Waals surface area contributed by atoms with Crippen LogP contribution in [0.25, 0.3) is 0 Å². The van der Waals surface area contributed by atoms with Crippen LogP contribution in [0.4, 0.5) is 19.3 Å². The number of nitrogens with zero attached hydrogens (tertiary/aromatic N) is 3. The minimum absolute atomic E-state index is 0.0718. The number of aliphatic hydroxyl groups is 1. The molecule has 0 unspecified atom stereocenters. The molecule has 162 valence electrons. The molecule has 1 aromatic carbocycles. The van der Waals surface area contributed by atoms with Gasteiger partial charge < -0.3 is 20.5 Å². The maximum Gasteiger partial charge on any atom is 0.319 e. The number of carbonyl (C=O) groups is 1. The molecule has 2 heterocycles. The van der Waals surface area contributed by atoms with E-state index < -0.39 is 29.8 Å². The van der Waals surface area contributed by atoms with Crippen LogP contribution in [0.2, 0.25) is 0 Å². The molecule has 8 nitrogen and oxygen atoms in total. The Hall–Kier alpha value is -2.59. The Morgan fingerprint density at radius 2 is 2.10 bits per heavy atom. The van der Waals surface area contributed by atoms with Crippen LogP contribution in [0.3, 0.4) is 0 Å². The van der Waals surface area contributed by atoms with Crippen LogP contribution >= 0.6 is 0 Å². The smallest absolute Gasteiger partial charge is 0.319 e. The number of nitrogens with one attached hydrogen (secondary N) is 2. The third-order valence-electron chi connectivity index (χ3n) is 5.52. The molecule has 1 saturated heterocycles. The molecule has 1 aliphatic carbocycles. The van der Waals surface area contributed by atoms with Crippen LogP contribution in [0.5, 0.6) is 0 Å². The van der Waals surface area contributed by atoms with Gasteiger partial charge in [-0.1, -0.05) is 5.21 Å². The SMILES string of the molecule is O=C(Nc1cc(F)ccc1F)N[C@@H]1CC[C@@H](CCn2cc(C3CC3)nn2)O[C@@H]1CO. The average molecular weight is 421 g/mol. The highest BCUT2D eigenvalue weighted by molar-refractivity contribution is 5.89.